The maximum atomic E-state index is 13.3. The van der Waals surface area contributed by atoms with Crippen LogP contribution in [0.3, 0.4) is 0 Å². The van der Waals surface area contributed by atoms with E-state index in [0.717, 1.165) is 16.4 Å². The Balaban J connectivity index is 2.07. The third-order valence-electron chi connectivity index (χ3n) is 2.62. The lowest BCUT2D eigenvalue weighted by molar-refractivity contribution is 0.619. The van der Waals surface area contributed by atoms with Gasteiger partial charge in [0.05, 0.1) is 17.2 Å². The van der Waals surface area contributed by atoms with Crippen molar-refractivity contribution < 1.29 is 4.39 Å². The molecule has 0 amide bonds. The number of aryl methyl sites for hydroxylation is 3. The zero-order valence-electron chi connectivity index (χ0n) is 10.2. The lowest BCUT2D eigenvalue weighted by Gasteiger charge is -2.06. The molecule has 0 aliphatic rings. The Morgan fingerprint density at radius 1 is 1.29 bits per heavy atom. The molecule has 2 nitrogen and oxygen atoms in total. The van der Waals surface area contributed by atoms with Crippen LogP contribution in [0.25, 0.3) is 0 Å². The zero-order chi connectivity index (χ0) is 12.4. The van der Waals surface area contributed by atoms with E-state index in [1.54, 1.807) is 24.3 Å². The first-order valence-corrected chi connectivity index (χ1v) is 6.31. The molecule has 0 aliphatic carbocycles. The van der Waals surface area contributed by atoms with E-state index in [1.165, 1.54) is 10.9 Å². The molecule has 17 heavy (non-hydrogen) atoms. The quantitative estimate of drug-likeness (QED) is 0.895. The number of rotatable bonds is 3. The number of anilines is 1. The van der Waals surface area contributed by atoms with Gasteiger partial charge < -0.3 is 5.32 Å². The first-order chi connectivity index (χ1) is 8.06. The molecule has 2 aromatic rings. The van der Waals surface area contributed by atoms with E-state index in [1.807, 2.05) is 19.9 Å². The van der Waals surface area contributed by atoms with Crippen LogP contribution in [0.4, 0.5) is 10.1 Å². The van der Waals surface area contributed by atoms with Gasteiger partial charge in [0.15, 0.2) is 0 Å². The Morgan fingerprint density at radius 3 is 2.65 bits per heavy atom. The lowest BCUT2D eigenvalue weighted by atomic mass is 10.2. The summed E-state index contributed by atoms with van der Waals surface area (Å²) in [5.74, 6) is -0.174. The van der Waals surface area contributed by atoms with Crippen LogP contribution in [0.15, 0.2) is 18.2 Å². The maximum absolute atomic E-state index is 13.3. The third-order valence-corrected chi connectivity index (χ3v) is 3.70. The molecule has 1 aromatic carbocycles. The molecule has 0 fully saturated rings. The predicted octanol–water partition coefficient (Wildman–Crippen LogP) is 3.82. The van der Waals surface area contributed by atoms with Crippen molar-refractivity contribution in [1.29, 1.82) is 0 Å². The summed E-state index contributed by atoms with van der Waals surface area (Å²) in [6.07, 6.45) is 0. The van der Waals surface area contributed by atoms with Crippen molar-refractivity contribution in [1.82, 2.24) is 4.98 Å². The number of aromatic nitrogens is 1. The minimum Gasteiger partial charge on any atom is -0.380 e. The zero-order valence-corrected chi connectivity index (χ0v) is 11.0. The molecule has 0 spiro atoms. The van der Waals surface area contributed by atoms with Crippen molar-refractivity contribution in [2.75, 3.05) is 5.32 Å². The van der Waals surface area contributed by atoms with Crippen LogP contribution < -0.4 is 5.32 Å². The van der Waals surface area contributed by atoms with Crippen LogP contribution in [-0.4, -0.2) is 4.98 Å². The summed E-state index contributed by atoms with van der Waals surface area (Å²) >= 11 is 1.67. The summed E-state index contributed by atoms with van der Waals surface area (Å²) < 4.78 is 13.3. The fourth-order valence-corrected chi connectivity index (χ4v) is 2.50. The summed E-state index contributed by atoms with van der Waals surface area (Å²) in [6, 6.07) is 5.20. The molecule has 90 valence electrons. The standard InChI is InChI=1S/C13H15FN2S/c1-8-4-5-11(6-12(8)14)15-7-13-9(2)16-10(3)17-13/h4-6,15H,7H2,1-3H3. The van der Waals surface area contributed by atoms with Gasteiger partial charge in [-0.3, -0.25) is 0 Å². The topological polar surface area (TPSA) is 24.9 Å². The van der Waals surface area contributed by atoms with Crippen LogP contribution in [-0.2, 0) is 6.54 Å². The predicted molar refractivity (Wildman–Crippen MR) is 70.1 cm³/mol. The third kappa shape index (κ3) is 2.82. The van der Waals surface area contributed by atoms with Crippen molar-refractivity contribution in [3.05, 3.63) is 45.2 Å². The van der Waals surface area contributed by atoms with E-state index in [9.17, 15) is 4.39 Å². The average Bonchev–Trinajstić information content (AvgIpc) is 2.59. The fraction of sp³-hybridized carbons (Fsp3) is 0.308. The smallest absolute Gasteiger partial charge is 0.128 e. The molecule has 1 heterocycles. The highest BCUT2D eigenvalue weighted by atomic mass is 32.1. The molecule has 1 N–H and O–H groups in total. The molecule has 4 heteroatoms. The van der Waals surface area contributed by atoms with Gasteiger partial charge in [-0.1, -0.05) is 6.07 Å². The van der Waals surface area contributed by atoms with Crippen LogP contribution in [0.5, 0.6) is 0 Å². The Bertz CT molecular complexity index is 534. The van der Waals surface area contributed by atoms with Crippen LogP contribution in [0.2, 0.25) is 0 Å². The Kier molecular flexibility index (Phi) is 3.43. The van der Waals surface area contributed by atoms with Gasteiger partial charge in [-0.15, -0.1) is 11.3 Å². The normalized spacial score (nSPS) is 10.6. The molecular formula is C13H15FN2S. The lowest BCUT2D eigenvalue weighted by Crippen LogP contribution is -1.99. The average molecular weight is 250 g/mol. The van der Waals surface area contributed by atoms with Gasteiger partial charge in [-0.2, -0.15) is 0 Å². The van der Waals surface area contributed by atoms with Gasteiger partial charge in [0, 0.05) is 10.6 Å². The number of nitrogens with zero attached hydrogens (tertiary/aromatic N) is 1. The summed E-state index contributed by atoms with van der Waals surface area (Å²) in [4.78, 5) is 5.56. The van der Waals surface area contributed by atoms with Gasteiger partial charge in [0.1, 0.15) is 5.82 Å². The molecule has 0 bridgehead atoms. The maximum Gasteiger partial charge on any atom is 0.128 e. The van der Waals surface area contributed by atoms with Crippen molar-refractivity contribution in [3.63, 3.8) is 0 Å². The largest absolute Gasteiger partial charge is 0.380 e. The number of benzene rings is 1. The molecule has 2 rings (SSSR count). The Morgan fingerprint density at radius 2 is 2.06 bits per heavy atom. The highest BCUT2D eigenvalue weighted by molar-refractivity contribution is 7.11. The Labute approximate surface area is 105 Å². The van der Waals surface area contributed by atoms with Crippen LogP contribution in [0.1, 0.15) is 21.1 Å². The first kappa shape index (κ1) is 12.0. The number of hydrogen-bond acceptors (Lipinski definition) is 3. The number of nitrogens with one attached hydrogen (secondary N) is 1. The molecule has 0 radical (unpaired) electrons. The van der Waals surface area contributed by atoms with Crippen molar-refractivity contribution >= 4 is 17.0 Å². The Hall–Kier alpha value is -1.42. The molecule has 0 aliphatic heterocycles. The summed E-state index contributed by atoms with van der Waals surface area (Å²) in [7, 11) is 0. The summed E-state index contributed by atoms with van der Waals surface area (Å²) in [5, 5.41) is 4.28. The molecular weight excluding hydrogens is 235 g/mol. The minimum atomic E-state index is -0.174. The summed E-state index contributed by atoms with van der Waals surface area (Å²) in [5.41, 5.74) is 2.52. The van der Waals surface area contributed by atoms with Crippen molar-refractivity contribution in [3.8, 4) is 0 Å². The second-order valence-electron chi connectivity index (χ2n) is 4.06. The molecule has 0 saturated heterocycles. The van der Waals surface area contributed by atoms with E-state index >= 15 is 0 Å². The van der Waals surface area contributed by atoms with E-state index in [0.29, 0.717) is 12.1 Å². The monoisotopic (exact) mass is 250 g/mol. The minimum absolute atomic E-state index is 0.174. The first-order valence-electron chi connectivity index (χ1n) is 5.49. The molecule has 1 aromatic heterocycles. The highest BCUT2D eigenvalue weighted by Crippen LogP contribution is 2.20. The summed E-state index contributed by atoms with van der Waals surface area (Å²) in [6.45, 7) is 6.44. The van der Waals surface area contributed by atoms with E-state index < -0.39 is 0 Å². The SMILES string of the molecule is Cc1nc(C)c(CNc2ccc(C)c(F)c2)s1. The van der Waals surface area contributed by atoms with Gasteiger partial charge in [-0.05, 0) is 38.5 Å². The van der Waals surface area contributed by atoms with E-state index in [2.05, 4.69) is 10.3 Å². The van der Waals surface area contributed by atoms with Gasteiger partial charge in [0.25, 0.3) is 0 Å². The van der Waals surface area contributed by atoms with Crippen LogP contribution in [0, 0.1) is 26.6 Å². The van der Waals surface area contributed by atoms with Gasteiger partial charge in [-0.25, -0.2) is 9.37 Å². The number of hydrogen-bond donors (Lipinski definition) is 1. The number of thiazole rings is 1. The molecule has 0 saturated carbocycles. The number of halogens is 1. The van der Waals surface area contributed by atoms with E-state index in [4.69, 9.17) is 0 Å². The fourth-order valence-electron chi connectivity index (χ4n) is 1.62. The van der Waals surface area contributed by atoms with Crippen molar-refractivity contribution in [2.45, 2.75) is 27.3 Å². The van der Waals surface area contributed by atoms with E-state index in [-0.39, 0.29) is 5.82 Å². The second-order valence-corrected chi connectivity index (χ2v) is 5.35. The highest BCUT2D eigenvalue weighted by Gasteiger charge is 2.05. The van der Waals surface area contributed by atoms with Crippen LogP contribution >= 0.6 is 11.3 Å². The second kappa shape index (κ2) is 4.84. The van der Waals surface area contributed by atoms with Gasteiger partial charge >= 0.3 is 0 Å². The molecule has 0 unspecified atom stereocenters. The molecule has 0 atom stereocenters. The van der Waals surface area contributed by atoms with Crippen molar-refractivity contribution in [2.24, 2.45) is 0 Å². The van der Waals surface area contributed by atoms with Gasteiger partial charge in [0.2, 0.25) is 0 Å².